The number of benzene rings is 1. The van der Waals surface area contributed by atoms with Crippen LogP contribution in [0.15, 0.2) is 36.5 Å². The van der Waals surface area contributed by atoms with Gasteiger partial charge in [-0.3, -0.25) is 4.79 Å². The van der Waals surface area contributed by atoms with Gasteiger partial charge in [-0.1, -0.05) is 23.4 Å². The molecule has 1 aliphatic rings. The van der Waals surface area contributed by atoms with Gasteiger partial charge in [0.25, 0.3) is 0 Å². The van der Waals surface area contributed by atoms with Gasteiger partial charge in [-0.05, 0) is 25.1 Å². The molecule has 2 heterocycles. The van der Waals surface area contributed by atoms with E-state index in [1.165, 1.54) is 0 Å². The minimum absolute atomic E-state index is 0.0472. The molecule has 1 atom stereocenters. The normalized spacial score (nSPS) is 19.0. The SMILES string of the molecule is O=C(c1cnnn1-c1ccccc1)C1CCNC1. The molecule has 0 saturated carbocycles. The fourth-order valence-electron chi connectivity index (χ4n) is 2.25. The number of rotatable bonds is 3. The molecule has 92 valence electrons. The van der Waals surface area contributed by atoms with Crippen LogP contribution in [0.5, 0.6) is 0 Å². The molecule has 1 saturated heterocycles. The first-order valence-corrected chi connectivity index (χ1v) is 6.07. The molecule has 5 nitrogen and oxygen atoms in total. The summed E-state index contributed by atoms with van der Waals surface area (Å²) >= 11 is 0. The van der Waals surface area contributed by atoms with Crippen molar-refractivity contribution < 1.29 is 4.79 Å². The van der Waals surface area contributed by atoms with Crippen LogP contribution in [0.3, 0.4) is 0 Å². The fourth-order valence-corrected chi connectivity index (χ4v) is 2.25. The lowest BCUT2D eigenvalue weighted by Crippen LogP contribution is -2.20. The Morgan fingerprint density at radius 3 is 2.89 bits per heavy atom. The molecule has 0 amide bonds. The lowest BCUT2D eigenvalue weighted by Gasteiger charge is -2.08. The van der Waals surface area contributed by atoms with Crippen LogP contribution < -0.4 is 5.32 Å². The highest BCUT2D eigenvalue weighted by Crippen LogP contribution is 2.17. The van der Waals surface area contributed by atoms with Gasteiger partial charge in [0.1, 0.15) is 5.69 Å². The minimum Gasteiger partial charge on any atom is -0.316 e. The monoisotopic (exact) mass is 242 g/mol. The zero-order valence-electron chi connectivity index (χ0n) is 9.91. The van der Waals surface area contributed by atoms with Crippen LogP contribution in [0.2, 0.25) is 0 Å². The topological polar surface area (TPSA) is 59.8 Å². The van der Waals surface area contributed by atoms with Gasteiger partial charge in [0.05, 0.1) is 11.9 Å². The van der Waals surface area contributed by atoms with Gasteiger partial charge in [-0.25, -0.2) is 4.68 Å². The molecular formula is C13H14N4O. The second kappa shape index (κ2) is 4.70. The lowest BCUT2D eigenvalue weighted by molar-refractivity contribution is 0.0922. The lowest BCUT2D eigenvalue weighted by atomic mass is 10.0. The van der Waals surface area contributed by atoms with Gasteiger partial charge in [0.2, 0.25) is 0 Å². The first-order chi connectivity index (χ1) is 8.86. The Kier molecular flexibility index (Phi) is 2.90. The average Bonchev–Trinajstić information content (AvgIpc) is 3.10. The third-order valence-corrected chi connectivity index (χ3v) is 3.23. The Labute approximate surface area is 105 Å². The second-order valence-corrected chi connectivity index (χ2v) is 4.42. The Balaban J connectivity index is 1.94. The van der Waals surface area contributed by atoms with Crippen LogP contribution in [0.4, 0.5) is 0 Å². The third kappa shape index (κ3) is 1.93. The molecule has 0 spiro atoms. The Morgan fingerprint density at radius 1 is 1.33 bits per heavy atom. The van der Waals surface area contributed by atoms with Crippen molar-refractivity contribution in [3.05, 3.63) is 42.2 Å². The van der Waals surface area contributed by atoms with Gasteiger partial charge < -0.3 is 5.32 Å². The van der Waals surface area contributed by atoms with E-state index in [9.17, 15) is 4.79 Å². The van der Waals surface area contributed by atoms with E-state index < -0.39 is 0 Å². The summed E-state index contributed by atoms with van der Waals surface area (Å²) in [6.45, 7) is 1.65. The molecule has 1 N–H and O–H groups in total. The minimum atomic E-state index is 0.0472. The predicted molar refractivity (Wildman–Crippen MR) is 66.7 cm³/mol. The highest BCUT2D eigenvalue weighted by Gasteiger charge is 2.26. The van der Waals surface area contributed by atoms with E-state index in [1.807, 2.05) is 30.3 Å². The molecule has 18 heavy (non-hydrogen) atoms. The van der Waals surface area contributed by atoms with Crippen molar-refractivity contribution in [1.82, 2.24) is 20.3 Å². The second-order valence-electron chi connectivity index (χ2n) is 4.42. The number of carbonyl (C=O) groups excluding carboxylic acids is 1. The summed E-state index contributed by atoms with van der Waals surface area (Å²) in [5.41, 5.74) is 1.43. The Bertz CT molecular complexity index is 543. The molecule has 1 fully saturated rings. The zero-order valence-corrected chi connectivity index (χ0v) is 9.91. The molecule has 1 aromatic carbocycles. The van der Waals surface area contributed by atoms with E-state index in [-0.39, 0.29) is 11.7 Å². The first kappa shape index (κ1) is 11.1. The number of para-hydroxylation sites is 1. The Hall–Kier alpha value is -2.01. The first-order valence-electron chi connectivity index (χ1n) is 6.07. The molecule has 0 bridgehead atoms. The number of nitrogens with one attached hydrogen (secondary N) is 1. The maximum Gasteiger partial charge on any atom is 0.187 e. The largest absolute Gasteiger partial charge is 0.316 e. The standard InChI is InChI=1S/C13H14N4O/c18-13(10-6-7-14-8-10)12-9-15-16-17(12)11-4-2-1-3-5-11/h1-5,9-10,14H,6-8H2. The highest BCUT2D eigenvalue weighted by atomic mass is 16.1. The quantitative estimate of drug-likeness (QED) is 0.818. The average molecular weight is 242 g/mol. The molecule has 0 aliphatic carbocycles. The van der Waals surface area contributed by atoms with Crippen molar-refractivity contribution in [2.24, 2.45) is 5.92 Å². The highest BCUT2D eigenvalue weighted by molar-refractivity contribution is 5.96. The van der Waals surface area contributed by atoms with Crippen LogP contribution in [0.1, 0.15) is 16.9 Å². The number of aromatic nitrogens is 3. The predicted octanol–water partition coefficient (Wildman–Crippen LogP) is 1.06. The van der Waals surface area contributed by atoms with E-state index in [0.717, 1.165) is 25.2 Å². The van der Waals surface area contributed by atoms with Gasteiger partial charge in [-0.15, -0.1) is 5.10 Å². The fraction of sp³-hybridized carbons (Fsp3) is 0.308. The van der Waals surface area contributed by atoms with Crippen LogP contribution in [-0.4, -0.2) is 33.9 Å². The zero-order chi connectivity index (χ0) is 12.4. The van der Waals surface area contributed by atoms with E-state index in [1.54, 1.807) is 10.9 Å². The molecule has 3 rings (SSSR count). The summed E-state index contributed by atoms with van der Waals surface area (Å²) in [5, 5.41) is 11.1. The van der Waals surface area contributed by atoms with Crippen molar-refractivity contribution in [3.63, 3.8) is 0 Å². The number of Topliss-reactive ketones (excluding diaryl/α,β-unsaturated/α-hetero) is 1. The molecular weight excluding hydrogens is 228 g/mol. The molecule has 2 aromatic rings. The number of hydrogen-bond donors (Lipinski definition) is 1. The molecule has 1 aliphatic heterocycles. The molecule has 1 unspecified atom stereocenters. The molecule has 0 radical (unpaired) electrons. The smallest absolute Gasteiger partial charge is 0.187 e. The van der Waals surface area contributed by atoms with Gasteiger partial charge >= 0.3 is 0 Å². The summed E-state index contributed by atoms with van der Waals surface area (Å²) in [6.07, 6.45) is 2.44. The van der Waals surface area contributed by atoms with Crippen LogP contribution in [-0.2, 0) is 0 Å². The van der Waals surface area contributed by atoms with Crippen molar-refractivity contribution >= 4 is 5.78 Å². The van der Waals surface area contributed by atoms with E-state index >= 15 is 0 Å². The van der Waals surface area contributed by atoms with Crippen molar-refractivity contribution in [2.45, 2.75) is 6.42 Å². The van der Waals surface area contributed by atoms with E-state index in [0.29, 0.717) is 5.69 Å². The van der Waals surface area contributed by atoms with Crippen LogP contribution in [0, 0.1) is 5.92 Å². The number of hydrogen-bond acceptors (Lipinski definition) is 4. The summed E-state index contributed by atoms with van der Waals surface area (Å²) < 4.78 is 1.61. The van der Waals surface area contributed by atoms with Crippen molar-refractivity contribution in [3.8, 4) is 5.69 Å². The van der Waals surface area contributed by atoms with Crippen LogP contribution >= 0.6 is 0 Å². The van der Waals surface area contributed by atoms with E-state index in [2.05, 4.69) is 15.6 Å². The third-order valence-electron chi connectivity index (χ3n) is 3.23. The van der Waals surface area contributed by atoms with Crippen molar-refractivity contribution in [2.75, 3.05) is 13.1 Å². The Morgan fingerprint density at radius 2 is 2.17 bits per heavy atom. The van der Waals surface area contributed by atoms with Gasteiger partial charge in [0.15, 0.2) is 5.78 Å². The number of carbonyl (C=O) groups is 1. The number of ketones is 1. The summed E-state index contributed by atoms with van der Waals surface area (Å²) in [6, 6.07) is 9.60. The maximum absolute atomic E-state index is 12.4. The van der Waals surface area contributed by atoms with Gasteiger partial charge in [0, 0.05) is 12.5 Å². The molecule has 5 heteroatoms. The summed E-state index contributed by atoms with van der Waals surface area (Å²) in [4.78, 5) is 12.4. The van der Waals surface area contributed by atoms with Gasteiger partial charge in [-0.2, -0.15) is 0 Å². The summed E-state index contributed by atoms with van der Waals surface area (Å²) in [5.74, 6) is 0.166. The summed E-state index contributed by atoms with van der Waals surface area (Å²) in [7, 11) is 0. The maximum atomic E-state index is 12.4. The number of nitrogens with zero attached hydrogens (tertiary/aromatic N) is 3. The van der Waals surface area contributed by atoms with Crippen LogP contribution in [0.25, 0.3) is 5.69 Å². The van der Waals surface area contributed by atoms with E-state index in [4.69, 9.17) is 0 Å². The van der Waals surface area contributed by atoms with Crippen molar-refractivity contribution in [1.29, 1.82) is 0 Å². The molecule has 1 aromatic heterocycles.